The van der Waals surface area contributed by atoms with Crippen LogP contribution in [0, 0.1) is 0 Å². The Labute approximate surface area is 123 Å². The third-order valence-corrected chi connectivity index (χ3v) is 5.05. The highest BCUT2D eigenvalue weighted by Gasteiger charge is 2.12. The zero-order chi connectivity index (χ0) is 15.0. The largest absolute Gasteiger partial charge is 0.313 e. The van der Waals surface area contributed by atoms with Crippen LogP contribution in [-0.2, 0) is 27.4 Å². The van der Waals surface area contributed by atoms with E-state index in [-0.39, 0.29) is 4.90 Å². The van der Waals surface area contributed by atoms with Gasteiger partial charge in [0.1, 0.15) is 0 Å². The van der Waals surface area contributed by atoms with E-state index in [0.29, 0.717) is 18.7 Å². The number of rotatable bonds is 9. The predicted octanol–water partition coefficient (Wildman–Crippen LogP) is 0.843. The Morgan fingerprint density at radius 1 is 1.20 bits per heavy atom. The minimum atomic E-state index is -3.46. The van der Waals surface area contributed by atoms with Crippen LogP contribution in [0.15, 0.2) is 29.2 Å². The van der Waals surface area contributed by atoms with Gasteiger partial charge in [0.15, 0.2) is 0 Å². The maximum Gasteiger partial charge on any atom is 0.240 e. The molecule has 0 aromatic heterocycles. The van der Waals surface area contributed by atoms with Gasteiger partial charge in [-0.2, -0.15) is 0 Å². The highest BCUT2D eigenvalue weighted by atomic mass is 32.2. The number of hydrogen-bond acceptors (Lipinski definition) is 4. The molecule has 1 unspecified atom stereocenters. The maximum atomic E-state index is 12.0. The third-order valence-electron chi connectivity index (χ3n) is 2.71. The van der Waals surface area contributed by atoms with Gasteiger partial charge in [0.25, 0.3) is 0 Å². The lowest BCUT2D eigenvalue weighted by molar-refractivity contribution is 0.580. The molecule has 0 saturated carbocycles. The Morgan fingerprint density at radius 2 is 1.85 bits per heavy atom. The first-order chi connectivity index (χ1) is 9.45. The summed E-state index contributed by atoms with van der Waals surface area (Å²) in [7, 11) is -4.35. The van der Waals surface area contributed by atoms with Gasteiger partial charge in [-0.1, -0.05) is 19.1 Å². The zero-order valence-electron chi connectivity index (χ0n) is 11.9. The summed E-state index contributed by atoms with van der Waals surface area (Å²) in [5.74, 6) is 0.504. The molecular formula is C13H22N2O3S2. The van der Waals surface area contributed by atoms with Crippen molar-refractivity contribution in [3.05, 3.63) is 29.8 Å². The third kappa shape index (κ3) is 6.13. The topological polar surface area (TPSA) is 75.3 Å². The molecule has 0 amide bonds. The van der Waals surface area contributed by atoms with Crippen LogP contribution < -0.4 is 10.0 Å². The van der Waals surface area contributed by atoms with E-state index in [4.69, 9.17) is 0 Å². The van der Waals surface area contributed by atoms with Crippen molar-refractivity contribution in [2.24, 2.45) is 0 Å². The quantitative estimate of drug-likeness (QED) is 0.662. The molecule has 0 aliphatic heterocycles. The molecule has 2 N–H and O–H groups in total. The molecule has 7 heteroatoms. The highest BCUT2D eigenvalue weighted by Crippen LogP contribution is 2.10. The van der Waals surface area contributed by atoms with Crippen LogP contribution in [0.1, 0.15) is 18.9 Å². The summed E-state index contributed by atoms with van der Waals surface area (Å²) in [5, 5.41) is 3.18. The standard InChI is InChI=1S/C13H22N2O3S2/c1-3-14-11-12-5-7-13(8-6-12)20(17,18)15-9-4-10-19(2)16/h5-8,14-15H,3-4,9-11H2,1-2H3. The molecular weight excluding hydrogens is 296 g/mol. The number of benzene rings is 1. The summed E-state index contributed by atoms with van der Waals surface area (Å²) in [6.45, 7) is 3.93. The van der Waals surface area contributed by atoms with E-state index in [2.05, 4.69) is 10.0 Å². The fourth-order valence-electron chi connectivity index (χ4n) is 1.62. The van der Waals surface area contributed by atoms with Crippen molar-refractivity contribution >= 4 is 20.8 Å². The Hall–Kier alpha value is -0.760. The molecule has 0 fully saturated rings. The van der Waals surface area contributed by atoms with Crippen molar-refractivity contribution < 1.29 is 12.6 Å². The zero-order valence-corrected chi connectivity index (χ0v) is 13.5. The van der Waals surface area contributed by atoms with Gasteiger partial charge >= 0.3 is 0 Å². The van der Waals surface area contributed by atoms with Gasteiger partial charge in [-0.3, -0.25) is 4.21 Å². The lowest BCUT2D eigenvalue weighted by atomic mass is 10.2. The molecule has 0 heterocycles. The van der Waals surface area contributed by atoms with Crippen LogP contribution in [0.2, 0.25) is 0 Å². The summed E-state index contributed by atoms with van der Waals surface area (Å²) < 4.78 is 37.4. The van der Waals surface area contributed by atoms with E-state index in [1.54, 1.807) is 30.5 Å². The van der Waals surface area contributed by atoms with Crippen molar-refractivity contribution in [1.29, 1.82) is 0 Å². The van der Waals surface area contributed by atoms with Gasteiger partial charge in [-0.05, 0) is 30.7 Å². The van der Waals surface area contributed by atoms with Gasteiger partial charge in [-0.25, -0.2) is 13.1 Å². The normalized spacial score (nSPS) is 13.3. The lowest BCUT2D eigenvalue weighted by Gasteiger charge is -2.07. The molecule has 1 aromatic rings. The van der Waals surface area contributed by atoms with Gasteiger partial charge < -0.3 is 5.32 Å². The smallest absolute Gasteiger partial charge is 0.240 e. The van der Waals surface area contributed by atoms with Crippen LogP contribution in [0.5, 0.6) is 0 Å². The first-order valence-electron chi connectivity index (χ1n) is 6.55. The van der Waals surface area contributed by atoms with Crippen molar-refractivity contribution in [2.75, 3.05) is 25.1 Å². The lowest BCUT2D eigenvalue weighted by Crippen LogP contribution is -2.25. The molecule has 0 aliphatic carbocycles. The monoisotopic (exact) mass is 318 g/mol. The van der Waals surface area contributed by atoms with E-state index in [9.17, 15) is 12.6 Å². The minimum Gasteiger partial charge on any atom is -0.313 e. The van der Waals surface area contributed by atoms with Crippen molar-refractivity contribution in [3.63, 3.8) is 0 Å². The number of sulfonamides is 1. The van der Waals surface area contributed by atoms with Crippen LogP contribution in [0.4, 0.5) is 0 Å². The molecule has 5 nitrogen and oxygen atoms in total. The van der Waals surface area contributed by atoms with E-state index in [0.717, 1.165) is 18.7 Å². The van der Waals surface area contributed by atoms with E-state index >= 15 is 0 Å². The maximum absolute atomic E-state index is 12.0. The minimum absolute atomic E-state index is 0.260. The molecule has 0 radical (unpaired) electrons. The van der Waals surface area contributed by atoms with Gasteiger partial charge in [0.2, 0.25) is 10.0 Å². The summed E-state index contributed by atoms with van der Waals surface area (Å²) in [6, 6.07) is 6.82. The molecule has 0 bridgehead atoms. The Bertz CT molecular complexity index is 527. The van der Waals surface area contributed by atoms with Crippen LogP contribution in [-0.4, -0.2) is 37.7 Å². The fourth-order valence-corrected chi connectivity index (χ4v) is 3.25. The predicted molar refractivity (Wildman–Crippen MR) is 82.6 cm³/mol. The van der Waals surface area contributed by atoms with Crippen LogP contribution in [0.3, 0.4) is 0 Å². The fraction of sp³-hybridized carbons (Fsp3) is 0.538. The first-order valence-corrected chi connectivity index (χ1v) is 9.76. The molecule has 20 heavy (non-hydrogen) atoms. The second-order valence-electron chi connectivity index (χ2n) is 4.45. The van der Waals surface area contributed by atoms with E-state index in [1.807, 2.05) is 6.92 Å². The highest BCUT2D eigenvalue weighted by molar-refractivity contribution is 7.89. The molecule has 114 valence electrons. The van der Waals surface area contributed by atoms with Gasteiger partial charge in [0, 0.05) is 35.9 Å². The van der Waals surface area contributed by atoms with Crippen molar-refractivity contribution in [2.45, 2.75) is 24.8 Å². The molecule has 1 atom stereocenters. The average molecular weight is 318 g/mol. The van der Waals surface area contributed by atoms with Crippen LogP contribution in [0.25, 0.3) is 0 Å². The summed E-state index contributed by atoms with van der Waals surface area (Å²) >= 11 is 0. The van der Waals surface area contributed by atoms with Crippen LogP contribution >= 0.6 is 0 Å². The average Bonchev–Trinajstić information content (AvgIpc) is 2.42. The van der Waals surface area contributed by atoms with Crippen molar-refractivity contribution in [1.82, 2.24) is 10.0 Å². The first kappa shape index (κ1) is 17.3. The Morgan fingerprint density at radius 3 is 2.40 bits per heavy atom. The SMILES string of the molecule is CCNCc1ccc(S(=O)(=O)NCCCS(C)=O)cc1. The number of nitrogens with one attached hydrogen (secondary N) is 2. The van der Waals surface area contributed by atoms with Gasteiger partial charge in [-0.15, -0.1) is 0 Å². The Balaban J connectivity index is 2.56. The van der Waals surface area contributed by atoms with Gasteiger partial charge in [0.05, 0.1) is 4.90 Å². The molecule has 0 aliphatic rings. The molecule has 1 rings (SSSR count). The second-order valence-corrected chi connectivity index (χ2v) is 7.77. The van der Waals surface area contributed by atoms with E-state index in [1.165, 1.54) is 0 Å². The second kappa shape index (κ2) is 8.51. The Kier molecular flexibility index (Phi) is 7.36. The molecule has 0 saturated heterocycles. The summed E-state index contributed by atoms with van der Waals surface area (Å²) in [4.78, 5) is 0.260. The number of hydrogen-bond donors (Lipinski definition) is 2. The summed E-state index contributed by atoms with van der Waals surface area (Å²) in [6.07, 6.45) is 2.18. The van der Waals surface area contributed by atoms with E-state index < -0.39 is 20.8 Å². The molecule has 0 spiro atoms. The van der Waals surface area contributed by atoms with Crippen molar-refractivity contribution in [3.8, 4) is 0 Å². The summed E-state index contributed by atoms with van der Waals surface area (Å²) in [5.41, 5.74) is 1.05. The molecule has 1 aromatic carbocycles.